The Morgan fingerprint density at radius 3 is 2.71 bits per heavy atom. The fourth-order valence-corrected chi connectivity index (χ4v) is 3.73. The van der Waals surface area contributed by atoms with Crippen molar-refractivity contribution in [3.05, 3.63) is 29.3 Å². The Hall–Kier alpha value is -1.43. The normalized spacial score (nSPS) is 22.7. The van der Waals surface area contributed by atoms with Gasteiger partial charge in [-0.2, -0.15) is 0 Å². The molecule has 2 saturated heterocycles. The van der Waals surface area contributed by atoms with Gasteiger partial charge in [0.05, 0.1) is 0 Å². The summed E-state index contributed by atoms with van der Waals surface area (Å²) in [4.78, 5) is 17.2. The molecule has 1 amide bonds. The number of aryl methyl sites for hydroxylation is 2. The molecule has 2 heterocycles. The topological polar surface area (TPSA) is 47.6 Å². The quantitative estimate of drug-likeness (QED) is 0.861. The molecule has 1 atom stereocenters. The van der Waals surface area contributed by atoms with Gasteiger partial charge < -0.3 is 15.5 Å². The first-order chi connectivity index (χ1) is 11.6. The van der Waals surface area contributed by atoms with Crippen LogP contribution in [0.1, 0.15) is 24.0 Å². The summed E-state index contributed by atoms with van der Waals surface area (Å²) < 4.78 is 0. The first-order valence-corrected chi connectivity index (χ1v) is 9.16. The van der Waals surface area contributed by atoms with Gasteiger partial charge in [-0.1, -0.05) is 17.7 Å². The van der Waals surface area contributed by atoms with Crippen molar-refractivity contribution >= 4 is 11.6 Å². The lowest BCUT2D eigenvalue weighted by Gasteiger charge is -2.37. The van der Waals surface area contributed by atoms with Crippen LogP contribution in [0.3, 0.4) is 0 Å². The van der Waals surface area contributed by atoms with Crippen molar-refractivity contribution in [2.75, 3.05) is 51.1 Å². The van der Waals surface area contributed by atoms with Crippen LogP contribution in [0.25, 0.3) is 0 Å². The van der Waals surface area contributed by atoms with Gasteiger partial charge in [-0.25, -0.2) is 0 Å². The Bertz CT molecular complexity index is 560. The van der Waals surface area contributed by atoms with Gasteiger partial charge in [-0.3, -0.25) is 9.69 Å². The van der Waals surface area contributed by atoms with E-state index < -0.39 is 0 Å². The van der Waals surface area contributed by atoms with Gasteiger partial charge in [0.1, 0.15) is 0 Å². The number of benzene rings is 1. The van der Waals surface area contributed by atoms with Gasteiger partial charge in [0.15, 0.2) is 0 Å². The van der Waals surface area contributed by atoms with Crippen molar-refractivity contribution in [2.24, 2.45) is 0 Å². The summed E-state index contributed by atoms with van der Waals surface area (Å²) in [6.45, 7) is 11.7. The summed E-state index contributed by atoms with van der Waals surface area (Å²) in [5.74, 6) is 0.115. The van der Waals surface area contributed by atoms with Crippen LogP contribution in [0.5, 0.6) is 0 Å². The molecule has 2 aliphatic heterocycles. The van der Waals surface area contributed by atoms with Crippen molar-refractivity contribution in [2.45, 2.75) is 32.7 Å². The number of nitrogens with one attached hydrogen (secondary N) is 2. The monoisotopic (exact) mass is 330 g/mol. The van der Waals surface area contributed by atoms with Crippen molar-refractivity contribution in [1.29, 1.82) is 0 Å². The van der Waals surface area contributed by atoms with Crippen LogP contribution in [0.4, 0.5) is 5.69 Å². The molecule has 0 spiro atoms. The number of carbonyl (C=O) groups excluding carboxylic acids is 1. The van der Waals surface area contributed by atoms with Gasteiger partial charge in [0.25, 0.3) is 0 Å². The lowest BCUT2D eigenvalue weighted by atomic mass is 10.1. The predicted octanol–water partition coefficient (Wildman–Crippen LogP) is 1.61. The zero-order chi connectivity index (χ0) is 16.9. The van der Waals surface area contributed by atoms with Crippen LogP contribution >= 0.6 is 0 Å². The zero-order valence-electron chi connectivity index (χ0n) is 15.0. The standard InChI is InChI=1S/C19H30N4O/c1-15-3-4-18(16(2)13-15)21-19(24)6-8-22-9-11-23(12-10-22)17-5-7-20-14-17/h3-4,13,17,20H,5-12,14H2,1-2H3,(H,21,24)/t17-/m0/s1. The van der Waals surface area contributed by atoms with E-state index >= 15 is 0 Å². The average Bonchev–Trinajstić information content (AvgIpc) is 3.11. The van der Waals surface area contributed by atoms with Crippen molar-refractivity contribution in [3.8, 4) is 0 Å². The van der Waals surface area contributed by atoms with E-state index in [2.05, 4.69) is 33.4 Å². The highest BCUT2D eigenvalue weighted by Gasteiger charge is 2.25. The summed E-state index contributed by atoms with van der Waals surface area (Å²) in [5, 5.41) is 6.49. The lowest BCUT2D eigenvalue weighted by molar-refractivity contribution is -0.116. The van der Waals surface area contributed by atoms with E-state index in [0.29, 0.717) is 6.42 Å². The summed E-state index contributed by atoms with van der Waals surface area (Å²) >= 11 is 0. The molecule has 0 bridgehead atoms. The highest BCUT2D eigenvalue weighted by molar-refractivity contribution is 5.91. The summed E-state index contributed by atoms with van der Waals surface area (Å²) in [6, 6.07) is 6.86. The third kappa shape index (κ3) is 4.56. The molecule has 5 nitrogen and oxygen atoms in total. The SMILES string of the molecule is Cc1ccc(NC(=O)CCN2CCN([C@H]3CCNC3)CC2)c(C)c1. The molecule has 0 radical (unpaired) electrons. The minimum absolute atomic E-state index is 0.115. The molecule has 5 heteroatoms. The van der Waals surface area contributed by atoms with E-state index in [-0.39, 0.29) is 5.91 Å². The van der Waals surface area contributed by atoms with E-state index in [9.17, 15) is 4.79 Å². The van der Waals surface area contributed by atoms with Crippen molar-refractivity contribution in [3.63, 3.8) is 0 Å². The molecule has 0 aromatic heterocycles. The molecule has 1 aromatic carbocycles. The number of piperazine rings is 1. The molecule has 0 unspecified atom stereocenters. The largest absolute Gasteiger partial charge is 0.326 e. The minimum Gasteiger partial charge on any atom is -0.326 e. The fraction of sp³-hybridized carbons (Fsp3) is 0.632. The second-order valence-electron chi connectivity index (χ2n) is 7.14. The van der Waals surface area contributed by atoms with E-state index in [4.69, 9.17) is 0 Å². The number of amides is 1. The average molecular weight is 330 g/mol. The third-order valence-electron chi connectivity index (χ3n) is 5.27. The van der Waals surface area contributed by atoms with E-state index in [1.165, 1.54) is 12.0 Å². The van der Waals surface area contributed by atoms with Crippen molar-refractivity contribution in [1.82, 2.24) is 15.1 Å². The maximum Gasteiger partial charge on any atom is 0.225 e. The second kappa shape index (κ2) is 8.10. The Kier molecular flexibility index (Phi) is 5.87. The molecule has 3 rings (SSSR count). The van der Waals surface area contributed by atoms with Crippen LogP contribution in [0, 0.1) is 13.8 Å². The van der Waals surface area contributed by atoms with Gasteiger partial charge in [-0.05, 0) is 38.4 Å². The number of rotatable bonds is 5. The number of hydrogen-bond donors (Lipinski definition) is 2. The molecule has 2 N–H and O–H groups in total. The smallest absolute Gasteiger partial charge is 0.225 e. The molecule has 2 aliphatic rings. The van der Waals surface area contributed by atoms with Crippen LogP contribution in [-0.4, -0.2) is 67.6 Å². The number of carbonyl (C=O) groups is 1. The maximum atomic E-state index is 12.2. The van der Waals surface area contributed by atoms with Gasteiger partial charge in [0, 0.05) is 57.4 Å². The third-order valence-corrected chi connectivity index (χ3v) is 5.27. The minimum atomic E-state index is 0.115. The Balaban J connectivity index is 1.39. The highest BCUT2D eigenvalue weighted by Crippen LogP contribution is 2.16. The Morgan fingerprint density at radius 2 is 2.04 bits per heavy atom. The Labute approximate surface area is 145 Å². The van der Waals surface area contributed by atoms with E-state index in [1.54, 1.807) is 0 Å². The molecule has 132 valence electrons. The molecular formula is C19H30N4O. The number of hydrogen-bond acceptors (Lipinski definition) is 4. The summed E-state index contributed by atoms with van der Waals surface area (Å²) in [6.07, 6.45) is 1.84. The molecule has 1 aromatic rings. The van der Waals surface area contributed by atoms with Crippen LogP contribution in [0.15, 0.2) is 18.2 Å². The molecule has 2 fully saturated rings. The van der Waals surface area contributed by atoms with Crippen LogP contribution in [0.2, 0.25) is 0 Å². The Morgan fingerprint density at radius 1 is 1.25 bits per heavy atom. The number of nitrogens with zero attached hydrogens (tertiary/aromatic N) is 2. The molecule has 24 heavy (non-hydrogen) atoms. The lowest BCUT2D eigenvalue weighted by Crippen LogP contribution is -2.51. The fourth-order valence-electron chi connectivity index (χ4n) is 3.73. The second-order valence-corrected chi connectivity index (χ2v) is 7.14. The first kappa shape index (κ1) is 17.4. The first-order valence-electron chi connectivity index (χ1n) is 9.16. The zero-order valence-corrected chi connectivity index (χ0v) is 15.0. The van der Waals surface area contributed by atoms with Gasteiger partial charge in [-0.15, -0.1) is 0 Å². The van der Waals surface area contributed by atoms with E-state index in [1.807, 2.05) is 19.1 Å². The maximum absolute atomic E-state index is 12.2. The van der Waals surface area contributed by atoms with E-state index in [0.717, 1.165) is 63.1 Å². The van der Waals surface area contributed by atoms with Crippen LogP contribution in [-0.2, 0) is 4.79 Å². The van der Waals surface area contributed by atoms with Crippen molar-refractivity contribution < 1.29 is 4.79 Å². The van der Waals surface area contributed by atoms with Gasteiger partial charge in [0.2, 0.25) is 5.91 Å². The molecular weight excluding hydrogens is 300 g/mol. The summed E-state index contributed by atoms with van der Waals surface area (Å²) in [5.41, 5.74) is 3.28. The molecule has 0 aliphatic carbocycles. The van der Waals surface area contributed by atoms with Gasteiger partial charge >= 0.3 is 0 Å². The number of anilines is 1. The highest BCUT2D eigenvalue weighted by atomic mass is 16.1. The summed E-state index contributed by atoms with van der Waals surface area (Å²) in [7, 11) is 0. The molecule has 0 saturated carbocycles. The van der Waals surface area contributed by atoms with Crippen LogP contribution < -0.4 is 10.6 Å². The predicted molar refractivity (Wildman–Crippen MR) is 98.5 cm³/mol.